The van der Waals surface area contributed by atoms with Gasteiger partial charge in [0.1, 0.15) is 0 Å². The highest BCUT2D eigenvalue weighted by atomic mass is 14.2. The first kappa shape index (κ1) is 10.8. The monoisotopic (exact) mass is 180 g/mol. The van der Waals surface area contributed by atoms with E-state index in [9.17, 15) is 0 Å². The molecule has 0 radical (unpaired) electrons. The fourth-order valence-electron chi connectivity index (χ4n) is 2.43. The van der Waals surface area contributed by atoms with Crippen molar-refractivity contribution in [1.29, 1.82) is 0 Å². The van der Waals surface area contributed by atoms with E-state index in [2.05, 4.69) is 20.8 Å². The van der Waals surface area contributed by atoms with Crippen LogP contribution in [0.4, 0.5) is 0 Å². The molecule has 0 heteroatoms. The third kappa shape index (κ3) is 3.17. The summed E-state index contributed by atoms with van der Waals surface area (Å²) in [6.45, 7) is 7.05. The maximum atomic E-state index is 2.42. The average Bonchev–Trinajstić information content (AvgIpc) is 2.15. The quantitative estimate of drug-likeness (QED) is 0.550. The van der Waals surface area contributed by atoms with Gasteiger partial charge in [-0.1, -0.05) is 37.8 Å². The van der Waals surface area contributed by atoms with Crippen molar-refractivity contribution in [2.24, 2.45) is 5.92 Å². The summed E-state index contributed by atoms with van der Waals surface area (Å²) in [6.07, 6.45) is 9.76. The molecule has 0 heterocycles. The van der Waals surface area contributed by atoms with E-state index in [1.165, 1.54) is 44.9 Å². The summed E-state index contributed by atoms with van der Waals surface area (Å²) in [6, 6.07) is 0. The molecule has 0 aliphatic heterocycles. The van der Waals surface area contributed by atoms with Gasteiger partial charge in [0.2, 0.25) is 0 Å². The summed E-state index contributed by atoms with van der Waals surface area (Å²) in [5.74, 6) is 0.861. The van der Waals surface area contributed by atoms with E-state index in [0.717, 1.165) is 5.92 Å². The van der Waals surface area contributed by atoms with E-state index >= 15 is 0 Å². The minimum atomic E-state index is 0.861. The van der Waals surface area contributed by atoms with Crippen molar-refractivity contribution in [1.82, 2.24) is 0 Å². The lowest BCUT2D eigenvalue weighted by Gasteiger charge is -2.23. The van der Waals surface area contributed by atoms with E-state index < -0.39 is 0 Å². The van der Waals surface area contributed by atoms with Gasteiger partial charge in [-0.25, -0.2) is 0 Å². The SMILES string of the molecule is CCCCC(C)C1=C(C)CCCC1. The molecule has 1 aliphatic rings. The van der Waals surface area contributed by atoms with Crippen LogP contribution in [0.2, 0.25) is 0 Å². The number of hydrogen-bond donors (Lipinski definition) is 0. The van der Waals surface area contributed by atoms with Gasteiger partial charge < -0.3 is 0 Å². The summed E-state index contributed by atoms with van der Waals surface area (Å²) < 4.78 is 0. The normalized spacial score (nSPS) is 20.5. The summed E-state index contributed by atoms with van der Waals surface area (Å²) in [4.78, 5) is 0. The molecule has 1 rings (SSSR count). The van der Waals surface area contributed by atoms with Crippen molar-refractivity contribution >= 4 is 0 Å². The number of hydrogen-bond acceptors (Lipinski definition) is 0. The first-order chi connectivity index (χ1) is 6.25. The molecule has 0 aromatic carbocycles. The van der Waals surface area contributed by atoms with Gasteiger partial charge in [0.05, 0.1) is 0 Å². The molecule has 1 unspecified atom stereocenters. The topological polar surface area (TPSA) is 0 Å². The molecule has 0 spiro atoms. The van der Waals surface area contributed by atoms with Crippen molar-refractivity contribution < 1.29 is 0 Å². The molecule has 0 saturated carbocycles. The van der Waals surface area contributed by atoms with Crippen LogP contribution in [-0.2, 0) is 0 Å². The van der Waals surface area contributed by atoms with Crippen LogP contribution in [0.15, 0.2) is 11.1 Å². The third-order valence-electron chi connectivity index (χ3n) is 3.38. The molecule has 1 atom stereocenters. The van der Waals surface area contributed by atoms with Crippen molar-refractivity contribution in [3.05, 3.63) is 11.1 Å². The van der Waals surface area contributed by atoms with Gasteiger partial charge in [0.25, 0.3) is 0 Å². The average molecular weight is 180 g/mol. The van der Waals surface area contributed by atoms with Gasteiger partial charge in [-0.2, -0.15) is 0 Å². The molecule has 0 nitrogen and oxygen atoms in total. The molecule has 0 fully saturated rings. The molecule has 0 aromatic rings. The van der Waals surface area contributed by atoms with Crippen molar-refractivity contribution in [2.45, 2.75) is 65.7 Å². The van der Waals surface area contributed by atoms with Crippen LogP contribution in [0.25, 0.3) is 0 Å². The molecule has 76 valence electrons. The van der Waals surface area contributed by atoms with Crippen LogP contribution in [0.5, 0.6) is 0 Å². The Morgan fingerprint density at radius 2 is 1.92 bits per heavy atom. The summed E-state index contributed by atoms with van der Waals surface area (Å²) in [7, 11) is 0. The van der Waals surface area contributed by atoms with Crippen LogP contribution >= 0.6 is 0 Å². The van der Waals surface area contributed by atoms with Gasteiger partial charge in [-0.05, 0) is 44.9 Å². The van der Waals surface area contributed by atoms with E-state index in [-0.39, 0.29) is 0 Å². The number of unbranched alkanes of at least 4 members (excludes halogenated alkanes) is 1. The minimum Gasteiger partial charge on any atom is -0.0739 e. The van der Waals surface area contributed by atoms with Gasteiger partial charge in [-0.15, -0.1) is 0 Å². The number of allylic oxidation sites excluding steroid dienone is 2. The molecule has 0 bridgehead atoms. The largest absolute Gasteiger partial charge is 0.0739 e. The predicted octanol–water partition coefficient (Wildman–Crippen LogP) is 4.70. The second-order valence-corrected chi connectivity index (χ2v) is 4.56. The lowest BCUT2D eigenvalue weighted by Crippen LogP contribution is -2.06. The smallest absolute Gasteiger partial charge is 0.0229 e. The van der Waals surface area contributed by atoms with Gasteiger partial charge in [0, 0.05) is 0 Å². The van der Waals surface area contributed by atoms with Gasteiger partial charge >= 0.3 is 0 Å². The molecule has 0 aromatic heterocycles. The highest BCUT2D eigenvalue weighted by Crippen LogP contribution is 2.31. The lowest BCUT2D eigenvalue weighted by molar-refractivity contribution is 0.518. The zero-order valence-corrected chi connectivity index (χ0v) is 9.53. The first-order valence-corrected chi connectivity index (χ1v) is 5.94. The third-order valence-corrected chi connectivity index (χ3v) is 3.38. The highest BCUT2D eigenvalue weighted by Gasteiger charge is 2.14. The standard InChI is InChI=1S/C13H24/c1-4-5-8-11(2)13-10-7-6-9-12(13)3/h11H,4-10H2,1-3H3. The molecule has 0 amide bonds. The summed E-state index contributed by atoms with van der Waals surface area (Å²) >= 11 is 0. The molecule has 0 N–H and O–H groups in total. The fourth-order valence-corrected chi connectivity index (χ4v) is 2.43. The minimum absolute atomic E-state index is 0.861. The van der Waals surface area contributed by atoms with Gasteiger partial charge in [-0.3, -0.25) is 0 Å². The Morgan fingerprint density at radius 3 is 2.54 bits per heavy atom. The van der Waals surface area contributed by atoms with Crippen LogP contribution < -0.4 is 0 Å². The second-order valence-electron chi connectivity index (χ2n) is 4.56. The summed E-state index contributed by atoms with van der Waals surface area (Å²) in [5.41, 5.74) is 3.49. The Bertz CT molecular complexity index is 176. The van der Waals surface area contributed by atoms with E-state index in [1.54, 1.807) is 11.1 Å². The number of rotatable bonds is 4. The second kappa shape index (κ2) is 5.47. The molecule has 13 heavy (non-hydrogen) atoms. The van der Waals surface area contributed by atoms with Crippen LogP contribution in [-0.4, -0.2) is 0 Å². The van der Waals surface area contributed by atoms with E-state index in [0.29, 0.717) is 0 Å². The van der Waals surface area contributed by atoms with Crippen molar-refractivity contribution in [3.8, 4) is 0 Å². The van der Waals surface area contributed by atoms with Gasteiger partial charge in [0.15, 0.2) is 0 Å². The molecular weight excluding hydrogens is 156 g/mol. The Kier molecular flexibility index (Phi) is 4.55. The fraction of sp³-hybridized carbons (Fsp3) is 0.846. The zero-order chi connectivity index (χ0) is 9.68. The van der Waals surface area contributed by atoms with Crippen molar-refractivity contribution in [3.63, 3.8) is 0 Å². The molecular formula is C13H24. The van der Waals surface area contributed by atoms with Crippen LogP contribution in [0, 0.1) is 5.92 Å². The maximum Gasteiger partial charge on any atom is -0.0229 e. The Hall–Kier alpha value is -0.260. The first-order valence-electron chi connectivity index (χ1n) is 5.94. The Labute approximate surface area is 83.4 Å². The maximum absolute atomic E-state index is 2.42. The molecule has 1 aliphatic carbocycles. The van der Waals surface area contributed by atoms with Crippen LogP contribution in [0.1, 0.15) is 65.7 Å². The van der Waals surface area contributed by atoms with E-state index in [1.807, 2.05) is 0 Å². The predicted molar refractivity (Wildman–Crippen MR) is 59.9 cm³/mol. The summed E-state index contributed by atoms with van der Waals surface area (Å²) in [5, 5.41) is 0. The zero-order valence-electron chi connectivity index (χ0n) is 9.53. The van der Waals surface area contributed by atoms with Crippen LogP contribution in [0.3, 0.4) is 0 Å². The lowest BCUT2D eigenvalue weighted by atomic mass is 9.83. The Morgan fingerprint density at radius 1 is 1.23 bits per heavy atom. The van der Waals surface area contributed by atoms with Crippen molar-refractivity contribution in [2.75, 3.05) is 0 Å². The highest BCUT2D eigenvalue weighted by molar-refractivity contribution is 5.17. The Balaban J connectivity index is 2.47. The van der Waals surface area contributed by atoms with E-state index in [4.69, 9.17) is 0 Å². The molecule has 0 saturated heterocycles.